The molecule has 21 heavy (non-hydrogen) atoms. The smallest absolute Gasteiger partial charge is 0.329 e. The molecular formula is C15H20N2O4. The number of carboxylic acid groups (broad SMARTS) is 1. The Bertz CT molecular complexity index is 543. The first kappa shape index (κ1) is 15.2. The monoisotopic (exact) mass is 292 g/mol. The summed E-state index contributed by atoms with van der Waals surface area (Å²) in [4.78, 5) is 27.1. The van der Waals surface area contributed by atoms with Crippen LogP contribution in [0.25, 0.3) is 0 Å². The molecular weight excluding hydrogens is 272 g/mol. The third kappa shape index (κ3) is 2.53. The highest BCUT2D eigenvalue weighted by Gasteiger charge is 2.49. The molecule has 6 heteroatoms. The number of carbonyl (C=O) groups is 2. The fraction of sp³-hybridized carbons (Fsp3) is 0.467. The maximum Gasteiger partial charge on any atom is 0.329 e. The maximum absolute atomic E-state index is 12.6. The number of hydrogen-bond donors (Lipinski definition) is 2. The van der Waals surface area contributed by atoms with Crippen molar-refractivity contribution in [3.63, 3.8) is 0 Å². The van der Waals surface area contributed by atoms with Crippen molar-refractivity contribution in [2.24, 2.45) is 0 Å². The lowest BCUT2D eigenvalue weighted by Crippen LogP contribution is -2.56. The van der Waals surface area contributed by atoms with Crippen molar-refractivity contribution in [1.82, 2.24) is 4.90 Å². The number of carboxylic acids is 1. The van der Waals surface area contributed by atoms with Crippen LogP contribution >= 0.6 is 0 Å². The molecule has 1 aromatic carbocycles. The molecule has 1 heterocycles. The van der Waals surface area contributed by atoms with Crippen LogP contribution in [0.1, 0.15) is 26.2 Å². The second-order valence-corrected chi connectivity index (χ2v) is 5.30. The van der Waals surface area contributed by atoms with Crippen molar-refractivity contribution >= 4 is 17.7 Å². The Morgan fingerprint density at radius 2 is 1.95 bits per heavy atom. The summed E-state index contributed by atoms with van der Waals surface area (Å²) in [6.45, 7) is 2.24. The number of aliphatic carboxylic acids is 1. The Morgan fingerprint density at radius 3 is 2.48 bits per heavy atom. The van der Waals surface area contributed by atoms with Gasteiger partial charge in [-0.25, -0.2) is 9.59 Å². The zero-order valence-corrected chi connectivity index (χ0v) is 12.2. The normalized spacial score (nSPS) is 21.3. The van der Waals surface area contributed by atoms with Crippen molar-refractivity contribution < 1.29 is 19.8 Å². The maximum atomic E-state index is 12.6. The van der Waals surface area contributed by atoms with Crippen molar-refractivity contribution in [3.8, 4) is 5.75 Å². The van der Waals surface area contributed by atoms with E-state index in [1.807, 2.05) is 0 Å². The summed E-state index contributed by atoms with van der Waals surface area (Å²) in [7, 11) is 1.61. The quantitative estimate of drug-likeness (QED) is 0.895. The van der Waals surface area contributed by atoms with Gasteiger partial charge in [0.2, 0.25) is 0 Å². The van der Waals surface area contributed by atoms with E-state index in [1.165, 1.54) is 21.9 Å². The number of nitrogens with zero attached hydrogens (tertiary/aromatic N) is 2. The first-order chi connectivity index (χ1) is 9.92. The number of rotatable bonds is 3. The SMILES string of the molecule is CCC1(C(=O)O)CCCN1C(=O)N(C)c1ccc(O)cc1. The van der Waals surface area contributed by atoms with E-state index in [1.54, 1.807) is 26.1 Å². The number of amides is 2. The number of carbonyl (C=O) groups excluding carboxylic acids is 1. The summed E-state index contributed by atoms with van der Waals surface area (Å²) in [5.74, 6) is -0.829. The number of hydrogen-bond acceptors (Lipinski definition) is 3. The average Bonchev–Trinajstić information content (AvgIpc) is 2.91. The number of aromatic hydroxyl groups is 1. The molecule has 0 spiro atoms. The first-order valence-corrected chi connectivity index (χ1v) is 7.00. The summed E-state index contributed by atoms with van der Waals surface area (Å²) in [6, 6.07) is 5.90. The molecule has 0 bridgehead atoms. The Morgan fingerprint density at radius 1 is 1.33 bits per heavy atom. The Labute approximate surface area is 123 Å². The molecule has 1 atom stereocenters. The zero-order chi connectivity index (χ0) is 15.6. The minimum Gasteiger partial charge on any atom is -0.508 e. The van der Waals surface area contributed by atoms with Crippen LogP contribution in [0.3, 0.4) is 0 Å². The van der Waals surface area contributed by atoms with Gasteiger partial charge in [0.15, 0.2) is 0 Å². The summed E-state index contributed by atoms with van der Waals surface area (Å²) >= 11 is 0. The van der Waals surface area contributed by atoms with E-state index in [0.29, 0.717) is 31.5 Å². The van der Waals surface area contributed by atoms with Crippen molar-refractivity contribution in [2.75, 3.05) is 18.5 Å². The Balaban J connectivity index is 2.26. The van der Waals surface area contributed by atoms with Gasteiger partial charge in [0.05, 0.1) is 0 Å². The van der Waals surface area contributed by atoms with Gasteiger partial charge < -0.3 is 15.1 Å². The molecule has 2 N–H and O–H groups in total. The van der Waals surface area contributed by atoms with Gasteiger partial charge in [0.1, 0.15) is 11.3 Å². The minimum atomic E-state index is -1.11. The molecule has 0 aliphatic carbocycles. The van der Waals surface area contributed by atoms with Crippen LogP contribution in [-0.2, 0) is 4.79 Å². The minimum absolute atomic E-state index is 0.120. The van der Waals surface area contributed by atoms with Gasteiger partial charge >= 0.3 is 12.0 Å². The molecule has 1 aliphatic heterocycles. The van der Waals surface area contributed by atoms with Gasteiger partial charge in [-0.1, -0.05) is 6.92 Å². The van der Waals surface area contributed by atoms with E-state index in [2.05, 4.69) is 0 Å². The van der Waals surface area contributed by atoms with Crippen molar-refractivity contribution in [2.45, 2.75) is 31.7 Å². The van der Waals surface area contributed by atoms with Crippen molar-refractivity contribution in [3.05, 3.63) is 24.3 Å². The Hall–Kier alpha value is -2.24. The highest BCUT2D eigenvalue weighted by molar-refractivity contribution is 5.96. The third-order valence-corrected chi connectivity index (χ3v) is 4.23. The van der Waals surface area contributed by atoms with E-state index < -0.39 is 11.5 Å². The van der Waals surface area contributed by atoms with Gasteiger partial charge in [0.25, 0.3) is 0 Å². The third-order valence-electron chi connectivity index (χ3n) is 4.23. The molecule has 1 unspecified atom stereocenters. The summed E-state index contributed by atoms with van der Waals surface area (Å²) in [5.41, 5.74) is -0.498. The summed E-state index contributed by atoms with van der Waals surface area (Å²) in [6.07, 6.45) is 1.56. The van der Waals surface area contributed by atoms with Crippen LogP contribution in [0.2, 0.25) is 0 Å². The van der Waals surface area contributed by atoms with E-state index in [-0.39, 0.29) is 11.8 Å². The molecule has 1 aromatic rings. The highest BCUT2D eigenvalue weighted by Crippen LogP contribution is 2.34. The first-order valence-electron chi connectivity index (χ1n) is 7.00. The van der Waals surface area contributed by atoms with E-state index >= 15 is 0 Å². The molecule has 1 aliphatic rings. The fourth-order valence-corrected chi connectivity index (χ4v) is 2.87. The lowest BCUT2D eigenvalue weighted by atomic mass is 9.93. The van der Waals surface area contributed by atoms with Gasteiger partial charge in [-0.05, 0) is 43.5 Å². The van der Waals surface area contributed by atoms with Crippen LogP contribution in [0.15, 0.2) is 24.3 Å². The number of anilines is 1. The van der Waals surface area contributed by atoms with Crippen LogP contribution < -0.4 is 4.90 Å². The molecule has 0 radical (unpaired) electrons. The highest BCUT2D eigenvalue weighted by atomic mass is 16.4. The van der Waals surface area contributed by atoms with Gasteiger partial charge in [-0.15, -0.1) is 0 Å². The molecule has 2 rings (SSSR count). The van der Waals surface area contributed by atoms with Crippen LogP contribution in [0.4, 0.5) is 10.5 Å². The second kappa shape index (κ2) is 5.63. The Kier molecular flexibility index (Phi) is 4.06. The molecule has 0 aromatic heterocycles. The molecule has 0 saturated carbocycles. The standard InChI is InChI=1S/C15H20N2O4/c1-3-15(13(19)20)9-4-10-17(15)14(21)16(2)11-5-7-12(18)8-6-11/h5-8,18H,3-4,9-10H2,1-2H3,(H,19,20). The summed E-state index contributed by atoms with van der Waals surface area (Å²) in [5, 5.41) is 18.8. The number of benzene rings is 1. The number of phenols is 1. The lowest BCUT2D eigenvalue weighted by Gasteiger charge is -2.36. The number of urea groups is 1. The molecule has 1 fully saturated rings. The van der Waals surface area contributed by atoms with Gasteiger partial charge in [-0.2, -0.15) is 0 Å². The van der Waals surface area contributed by atoms with E-state index in [0.717, 1.165) is 0 Å². The fourth-order valence-electron chi connectivity index (χ4n) is 2.87. The largest absolute Gasteiger partial charge is 0.508 e. The van der Waals surface area contributed by atoms with E-state index in [9.17, 15) is 19.8 Å². The number of phenolic OH excluding ortho intramolecular Hbond substituents is 1. The van der Waals surface area contributed by atoms with Gasteiger partial charge in [-0.3, -0.25) is 4.90 Å². The molecule has 6 nitrogen and oxygen atoms in total. The number of likely N-dealkylation sites (tertiary alicyclic amines) is 1. The average molecular weight is 292 g/mol. The van der Waals surface area contributed by atoms with Crippen LogP contribution in [-0.4, -0.2) is 46.2 Å². The van der Waals surface area contributed by atoms with Crippen molar-refractivity contribution in [1.29, 1.82) is 0 Å². The second-order valence-electron chi connectivity index (χ2n) is 5.30. The molecule has 1 saturated heterocycles. The van der Waals surface area contributed by atoms with Gasteiger partial charge in [0, 0.05) is 19.3 Å². The predicted octanol–water partition coefficient (Wildman–Crippen LogP) is 2.28. The topological polar surface area (TPSA) is 81.1 Å². The van der Waals surface area contributed by atoms with E-state index in [4.69, 9.17) is 0 Å². The summed E-state index contributed by atoms with van der Waals surface area (Å²) < 4.78 is 0. The van der Waals surface area contributed by atoms with Crippen LogP contribution in [0, 0.1) is 0 Å². The predicted molar refractivity (Wildman–Crippen MR) is 78.5 cm³/mol. The molecule has 114 valence electrons. The zero-order valence-electron chi connectivity index (χ0n) is 12.2. The van der Waals surface area contributed by atoms with Crippen LogP contribution in [0.5, 0.6) is 5.75 Å². The molecule has 2 amide bonds. The lowest BCUT2D eigenvalue weighted by molar-refractivity contribution is -0.148.